The molecule has 150 valence electrons. The molecule has 1 N–H and O–H groups in total. The first-order chi connectivity index (χ1) is 13.7. The Balaban J connectivity index is 1.62. The van der Waals surface area contributed by atoms with E-state index in [4.69, 9.17) is 4.74 Å². The molecule has 0 atom stereocenters. The summed E-state index contributed by atoms with van der Waals surface area (Å²) in [6.07, 6.45) is 0. The van der Waals surface area contributed by atoms with E-state index in [9.17, 15) is 13.2 Å². The molecule has 0 unspecified atom stereocenters. The van der Waals surface area contributed by atoms with Crippen LogP contribution in [0.2, 0.25) is 0 Å². The number of amides is 1. The summed E-state index contributed by atoms with van der Waals surface area (Å²) in [5.41, 5.74) is 3.57. The van der Waals surface area contributed by atoms with Gasteiger partial charge in [-0.2, -0.15) is 0 Å². The molecule has 7 nitrogen and oxygen atoms in total. The van der Waals surface area contributed by atoms with Gasteiger partial charge >= 0.3 is 0 Å². The van der Waals surface area contributed by atoms with Crippen molar-refractivity contribution in [1.29, 1.82) is 0 Å². The standard InChI is InChI=1S/C20H19N3O4S2/c1-12-4-5-13(2)18(8-12)29(25,26)22-20-21-15(11-28-20)14-6-7-17-16(9-14)23(3)19(24)10-27-17/h4-9,11H,10H2,1-3H3,(H,21,22). The molecular formula is C20H19N3O4S2. The van der Waals surface area contributed by atoms with E-state index in [0.717, 1.165) is 11.1 Å². The van der Waals surface area contributed by atoms with Crippen molar-refractivity contribution < 1.29 is 17.9 Å². The molecule has 0 spiro atoms. The van der Waals surface area contributed by atoms with Crippen LogP contribution in [0.15, 0.2) is 46.7 Å². The van der Waals surface area contributed by atoms with Crippen LogP contribution in [0.4, 0.5) is 10.8 Å². The number of fused-ring (bicyclic) bond motifs is 1. The summed E-state index contributed by atoms with van der Waals surface area (Å²) < 4.78 is 33.6. The van der Waals surface area contributed by atoms with Crippen LogP contribution in [-0.2, 0) is 14.8 Å². The van der Waals surface area contributed by atoms with Crippen LogP contribution in [0.3, 0.4) is 0 Å². The van der Waals surface area contributed by atoms with E-state index in [0.29, 0.717) is 22.7 Å². The molecular weight excluding hydrogens is 410 g/mol. The van der Waals surface area contributed by atoms with Crippen LogP contribution in [0, 0.1) is 13.8 Å². The van der Waals surface area contributed by atoms with Gasteiger partial charge in [-0.25, -0.2) is 13.4 Å². The van der Waals surface area contributed by atoms with Crippen molar-refractivity contribution in [3.8, 4) is 17.0 Å². The Kier molecular flexibility index (Phi) is 4.79. The fourth-order valence-electron chi connectivity index (χ4n) is 3.05. The number of ether oxygens (including phenoxy) is 1. The van der Waals surface area contributed by atoms with Gasteiger partial charge in [0, 0.05) is 18.0 Å². The largest absolute Gasteiger partial charge is 0.482 e. The third-order valence-electron chi connectivity index (χ3n) is 4.70. The fraction of sp³-hybridized carbons (Fsp3) is 0.200. The number of carbonyl (C=O) groups excluding carboxylic acids is 1. The topological polar surface area (TPSA) is 88.6 Å². The molecule has 3 aromatic rings. The van der Waals surface area contributed by atoms with E-state index in [-0.39, 0.29) is 22.5 Å². The Bertz CT molecular complexity index is 1220. The van der Waals surface area contributed by atoms with Crippen LogP contribution in [0.5, 0.6) is 5.75 Å². The molecule has 0 saturated carbocycles. The predicted molar refractivity (Wildman–Crippen MR) is 113 cm³/mol. The minimum Gasteiger partial charge on any atom is -0.482 e. The Labute approximate surface area is 173 Å². The first-order valence-corrected chi connectivity index (χ1v) is 11.2. The Morgan fingerprint density at radius 1 is 1.17 bits per heavy atom. The average molecular weight is 430 g/mol. The highest BCUT2D eigenvalue weighted by Gasteiger charge is 2.23. The van der Waals surface area contributed by atoms with Crippen LogP contribution in [0.1, 0.15) is 11.1 Å². The maximum Gasteiger partial charge on any atom is 0.264 e. The van der Waals surface area contributed by atoms with Crippen LogP contribution in [-0.4, -0.2) is 33.0 Å². The van der Waals surface area contributed by atoms with E-state index in [1.165, 1.54) is 11.3 Å². The normalized spacial score (nSPS) is 13.8. The molecule has 0 radical (unpaired) electrons. The summed E-state index contributed by atoms with van der Waals surface area (Å²) in [6, 6.07) is 10.7. The second kappa shape index (κ2) is 7.16. The van der Waals surface area contributed by atoms with E-state index >= 15 is 0 Å². The second-order valence-corrected chi connectivity index (χ2v) is 9.35. The van der Waals surface area contributed by atoms with Gasteiger partial charge in [0.25, 0.3) is 15.9 Å². The lowest BCUT2D eigenvalue weighted by Gasteiger charge is -2.26. The monoisotopic (exact) mass is 429 g/mol. The molecule has 0 aliphatic carbocycles. The number of likely N-dealkylation sites (N-methyl/N-ethyl adjacent to an activating group) is 1. The van der Waals surface area contributed by atoms with E-state index in [1.807, 2.05) is 25.1 Å². The molecule has 0 saturated heterocycles. The van der Waals surface area contributed by atoms with Crippen molar-refractivity contribution in [2.75, 3.05) is 23.3 Å². The molecule has 1 aromatic heterocycles. The van der Waals surface area contributed by atoms with E-state index in [2.05, 4.69) is 9.71 Å². The number of anilines is 2. The zero-order valence-corrected chi connectivity index (χ0v) is 17.7. The summed E-state index contributed by atoms with van der Waals surface area (Å²) in [7, 11) is -2.05. The fourth-order valence-corrected chi connectivity index (χ4v) is 5.35. The van der Waals surface area contributed by atoms with Gasteiger partial charge in [0.05, 0.1) is 16.3 Å². The zero-order chi connectivity index (χ0) is 20.8. The van der Waals surface area contributed by atoms with Crippen LogP contribution < -0.4 is 14.4 Å². The molecule has 2 heterocycles. The highest BCUT2D eigenvalue weighted by atomic mass is 32.2. The quantitative estimate of drug-likeness (QED) is 0.685. The summed E-state index contributed by atoms with van der Waals surface area (Å²) in [4.78, 5) is 18.1. The van der Waals surface area contributed by atoms with Gasteiger partial charge in [-0.05, 0) is 49.2 Å². The lowest BCUT2D eigenvalue weighted by atomic mass is 10.1. The lowest BCUT2D eigenvalue weighted by molar-refractivity contribution is -0.120. The van der Waals surface area contributed by atoms with Gasteiger partial charge in [-0.3, -0.25) is 9.52 Å². The Morgan fingerprint density at radius 3 is 2.76 bits per heavy atom. The molecule has 4 rings (SSSR count). The molecule has 29 heavy (non-hydrogen) atoms. The number of thiazole rings is 1. The SMILES string of the molecule is Cc1ccc(C)c(S(=O)(=O)Nc2nc(-c3ccc4c(c3)N(C)C(=O)CO4)cs2)c1. The highest BCUT2D eigenvalue weighted by Crippen LogP contribution is 2.36. The number of nitrogens with one attached hydrogen (secondary N) is 1. The average Bonchev–Trinajstić information content (AvgIpc) is 3.14. The summed E-state index contributed by atoms with van der Waals surface area (Å²) in [5.74, 6) is 0.497. The molecule has 9 heteroatoms. The minimum atomic E-state index is -3.74. The Hall–Kier alpha value is -2.91. The highest BCUT2D eigenvalue weighted by molar-refractivity contribution is 7.93. The molecule has 1 aliphatic rings. The molecule has 1 aliphatic heterocycles. The van der Waals surface area contributed by atoms with E-state index in [1.54, 1.807) is 42.5 Å². The van der Waals surface area contributed by atoms with Gasteiger partial charge in [-0.1, -0.05) is 12.1 Å². The number of nitrogens with zero attached hydrogens (tertiary/aromatic N) is 2. The van der Waals surface area contributed by atoms with Crippen molar-refractivity contribution in [3.63, 3.8) is 0 Å². The third-order valence-corrected chi connectivity index (χ3v) is 7.07. The Morgan fingerprint density at radius 2 is 1.97 bits per heavy atom. The second-order valence-electron chi connectivity index (χ2n) is 6.84. The van der Waals surface area contributed by atoms with Gasteiger partial charge in [0.15, 0.2) is 11.7 Å². The molecule has 1 amide bonds. The first-order valence-electron chi connectivity index (χ1n) is 8.84. The molecule has 0 fully saturated rings. The van der Waals surface area contributed by atoms with Gasteiger partial charge < -0.3 is 9.64 Å². The van der Waals surface area contributed by atoms with Crippen molar-refractivity contribution in [1.82, 2.24) is 4.98 Å². The van der Waals surface area contributed by atoms with Crippen LogP contribution in [0.25, 0.3) is 11.3 Å². The number of sulfonamides is 1. The first kappa shape index (κ1) is 19.4. The molecule has 2 aromatic carbocycles. The summed E-state index contributed by atoms with van der Waals surface area (Å²) in [6.45, 7) is 3.62. The minimum absolute atomic E-state index is 0.0177. The lowest BCUT2D eigenvalue weighted by Crippen LogP contribution is -2.35. The summed E-state index contributed by atoms with van der Waals surface area (Å²) >= 11 is 1.20. The predicted octanol–water partition coefficient (Wildman–Crippen LogP) is 3.58. The van der Waals surface area contributed by atoms with E-state index < -0.39 is 10.0 Å². The van der Waals surface area contributed by atoms with Crippen molar-refractivity contribution in [3.05, 3.63) is 52.9 Å². The smallest absolute Gasteiger partial charge is 0.264 e. The van der Waals surface area contributed by atoms with Crippen molar-refractivity contribution >= 4 is 38.1 Å². The maximum atomic E-state index is 12.8. The molecule has 0 bridgehead atoms. The number of hydrogen-bond donors (Lipinski definition) is 1. The number of benzene rings is 2. The number of aromatic nitrogens is 1. The zero-order valence-electron chi connectivity index (χ0n) is 16.1. The van der Waals surface area contributed by atoms with Gasteiger partial charge in [0.2, 0.25) is 0 Å². The van der Waals surface area contributed by atoms with Crippen LogP contribution >= 0.6 is 11.3 Å². The third kappa shape index (κ3) is 3.70. The van der Waals surface area contributed by atoms with Gasteiger partial charge in [-0.15, -0.1) is 11.3 Å². The number of rotatable bonds is 4. The number of carbonyl (C=O) groups is 1. The number of aryl methyl sites for hydroxylation is 2. The maximum absolute atomic E-state index is 12.8. The van der Waals surface area contributed by atoms with Crippen molar-refractivity contribution in [2.24, 2.45) is 0 Å². The summed E-state index contributed by atoms with van der Waals surface area (Å²) in [5, 5.41) is 2.05. The van der Waals surface area contributed by atoms with Crippen molar-refractivity contribution in [2.45, 2.75) is 18.7 Å². The van der Waals surface area contributed by atoms with Gasteiger partial charge in [0.1, 0.15) is 5.75 Å². The number of hydrogen-bond acceptors (Lipinski definition) is 6.